The summed E-state index contributed by atoms with van der Waals surface area (Å²) in [5.74, 6) is 0.360. The molecule has 0 aliphatic heterocycles. The zero-order valence-corrected chi connectivity index (χ0v) is 10.4. The molecule has 0 saturated heterocycles. The molecule has 82 valence electrons. The van der Waals surface area contributed by atoms with Crippen molar-refractivity contribution in [3.05, 3.63) is 11.6 Å². The first-order chi connectivity index (χ1) is 6.35. The Hall–Kier alpha value is -0.660. The molecule has 0 amide bonds. The first kappa shape index (κ1) is 13.3. The van der Waals surface area contributed by atoms with Gasteiger partial charge in [0.2, 0.25) is 0 Å². The van der Waals surface area contributed by atoms with E-state index in [1.54, 1.807) is 0 Å². The molecule has 0 spiro atoms. The Kier molecular flexibility index (Phi) is 5.03. The number of nitrogens with one attached hydrogen (secondary N) is 1. The topological polar surface area (TPSA) is 36.2 Å². The van der Waals surface area contributed by atoms with Crippen molar-refractivity contribution in [3.63, 3.8) is 0 Å². The van der Waals surface area contributed by atoms with Gasteiger partial charge < -0.3 is 0 Å². The maximum absolute atomic E-state index is 6.98. The standard InChI is InChI=1S/C12H24N2/c1-7-12(5,6)10(3)8-9(2)11(4)14-13/h8-9,11,13H,7H2,1-6H3/b10-8+,14-13?. The van der Waals surface area contributed by atoms with Crippen molar-refractivity contribution in [2.75, 3.05) is 0 Å². The molecule has 0 heterocycles. The molecule has 0 fully saturated rings. The van der Waals surface area contributed by atoms with Gasteiger partial charge in [-0.3, -0.25) is 0 Å². The average molecular weight is 196 g/mol. The highest BCUT2D eigenvalue weighted by Gasteiger charge is 2.19. The Morgan fingerprint density at radius 1 is 1.43 bits per heavy atom. The second-order valence-corrected chi connectivity index (χ2v) is 4.82. The predicted octanol–water partition coefficient (Wildman–Crippen LogP) is 4.42. The van der Waals surface area contributed by atoms with E-state index in [1.807, 2.05) is 6.92 Å². The van der Waals surface area contributed by atoms with Crippen LogP contribution in [0.3, 0.4) is 0 Å². The summed E-state index contributed by atoms with van der Waals surface area (Å²) in [7, 11) is 0. The van der Waals surface area contributed by atoms with Gasteiger partial charge in [-0.15, -0.1) is 0 Å². The highest BCUT2D eigenvalue weighted by molar-refractivity contribution is 5.11. The van der Waals surface area contributed by atoms with E-state index in [1.165, 1.54) is 5.57 Å². The largest absolute Gasteiger partial charge is 0.210 e. The molecule has 2 atom stereocenters. The van der Waals surface area contributed by atoms with Gasteiger partial charge in [-0.1, -0.05) is 39.3 Å². The van der Waals surface area contributed by atoms with Crippen molar-refractivity contribution >= 4 is 0 Å². The molecule has 2 nitrogen and oxygen atoms in total. The van der Waals surface area contributed by atoms with Gasteiger partial charge in [0.15, 0.2) is 0 Å². The fourth-order valence-corrected chi connectivity index (χ4v) is 1.16. The van der Waals surface area contributed by atoms with Crippen LogP contribution in [0, 0.1) is 16.9 Å². The molecule has 0 aliphatic carbocycles. The summed E-state index contributed by atoms with van der Waals surface area (Å²) in [6.45, 7) is 13.0. The van der Waals surface area contributed by atoms with E-state index in [9.17, 15) is 0 Å². The van der Waals surface area contributed by atoms with E-state index in [0.717, 1.165) is 6.42 Å². The van der Waals surface area contributed by atoms with Gasteiger partial charge >= 0.3 is 0 Å². The van der Waals surface area contributed by atoms with E-state index in [2.05, 4.69) is 45.8 Å². The highest BCUT2D eigenvalue weighted by atomic mass is 15.0. The summed E-state index contributed by atoms with van der Waals surface area (Å²) in [6.07, 6.45) is 3.40. The van der Waals surface area contributed by atoms with Gasteiger partial charge in [0.1, 0.15) is 0 Å². The maximum atomic E-state index is 6.98. The number of nitrogens with zero attached hydrogens (tertiary/aromatic N) is 1. The summed E-state index contributed by atoms with van der Waals surface area (Å²) in [4.78, 5) is 0. The normalized spacial score (nSPS) is 17.7. The molecule has 1 N–H and O–H groups in total. The molecule has 0 bridgehead atoms. The SMILES string of the molecule is CCC(C)(C)/C(C)=C/C(C)C(C)N=N. The lowest BCUT2D eigenvalue weighted by Crippen LogP contribution is -2.15. The molecule has 2 heteroatoms. The number of hydrogen-bond donors (Lipinski definition) is 1. The molecule has 0 aromatic rings. The van der Waals surface area contributed by atoms with Gasteiger partial charge in [0, 0.05) is 0 Å². The van der Waals surface area contributed by atoms with E-state index >= 15 is 0 Å². The first-order valence-corrected chi connectivity index (χ1v) is 5.40. The third-order valence-electron chi connectivity index (χ3n) is 3.43. The van der Waals surface area contributed by atoms with Gasteiger partial charge in [0.05, 0.1) is 6.04 Å². The fourth-order valence-electron chi connectivity index (χ4n) is 1.16. The maximum Gasteiger partial charge on any atom is 0.0737 e. The summed E-state index contributed by atoms with van der Waals surface area (Å²) >= 11 is 0. The Labute approximate surface area is 88.3 Å². The predicted molar refractivity (Wildman–Crippen MR) is 61.6 cm³/mol. The molecular weight excluding hydrogens is 172 g/mol. The number of allylic oxidation sites excluding steroid dienone is 1. The van der Waals surface area contributed by atoms with Crippen molar-refractivity contribution in [2.24, 2.45) is 16.4 Å². The lowest BCUT2D eigenvalue weighted by Gasteiger charge is -2.25. The Bertz CT molecular complexity index is 216. The second-order valence-electron chi connectivity index (χ2n) is 4.82. The minimum Gasteiger partial charge on any atom is -0.210 e. The number of rotatable bonds is 5. The van der Waals surface area contributed by atoms with Crippen molar-refractivity contribution in [3.8, 4) is 0 Å². The van der Waals surface area contributed by atoms with E-state index in [0.29, 0.717) is 5.92 Å². The van der Waals surface area contributed by atoms with Gasteiger partial charge in [-0.2, -0.15) is 5.11 Å². The van der Waals surface area contributed by atoms with Crippen molar-refractivity contribution in [2.45, 2.75) is 54.0 Å². The fraction of sp³-hybridized carbons (Fsp3) is 0.833. The van der Waals surface area contributed by atoms with Crippen molar-refractivity contribution in [1.82, 2.24) is 0 Å². The Morgan fingerprint density at radius 3 is 2.29 bits per heavy atom. The molecule has 0 aromatic heterocycles. The second kappa shape index (κ2) is 5.28. The first-order valence-electron chi connectivity index (χ1n) is 5.40. The van der Waals surface area contributed by atoms with E-state index < -0.39 is 0 Å². The van der Waals surface area contributed by atoms with Crippen LogP contribution in [0.2, 0.25) is 0 Å². The summed E-state index contributed by atoms with van der Waals surface area (Å²) in [6, 6.07) is 0.0950. The molecule has 0 aliphatic rings. The van der Waals surface area contributed by atoms with Crippen LogP contribution in [0.4, 0.5) is 0 Å². The van der Waals surface area contributed by atoms with Crippen LogP contribution in [0.1, 0.15) is 48.0 Å². The monoisotopic (exact) mass is 196 g/mol. The highest BCUT2D eigenvalue weighted by Crippen LogP contribution is 2.30. The summed E-state index contributed by atoms with van der Waals surface area (Å²) in [5.41, 5.74) is 8.66. The molecule has 2 unspecified atom stereocenters. The molecule has 14 heavy (non-hydrogen) atoms. The van der Waals surface area contributed by atoms with Crippen molar-refractivity contribution in [1.29, 1.82) is 5.53 Å². The van der Waals surface area contributed by atoms with Crippen LogP contribution in [0.25, 0.3) is 0 Å². The molecule has 0 aromatic carbocycles. The van der Waals surface area contributed by atoms with Crippen molar-refractivity contribution < 1.29 is 0 Å². The lowest BCUT2D eigenvalue weighted by atomic mass is 9.80. The van der Waals surface area contributed by atoms with E-state index in [4.69, 9.17) is 5.53 Å². The minimum atomic E-state index is 0.0950. The minimum absolute atomic E-state index is 0.0950. The number of hydrogen-bond acceptors (Lipinski definition) is 2. The zero-order valence-electron chi connectivity index (χ0n) is 10.4. The van der Waals surface area contributed by atoms with Gasteiger partial charge in [0.25, 0.3) is 0 Å². The molecule has 0 rings (SSSR count). The average Bonchev–Trinajstić information content (AvgIpc) is 2.16. The van der Waals surface area contributed by atoms with Crippen LogP contribution in [-0.4, -0.2) is 6.04 Å². The molecule has 0 radical (unpaired) electrons. The molecular formula is C12H24N2. The lowest BCUT2D eigenvalue weighted by molar-refractivity contribution is 0.420. The summed E-state index contributed by atoms with van der Waals surface area (Å²) < 4.78 is 0. The zero-order chi connectivity index (χ0) is 11.4. The van der Waals surface area contributed by atoms with Crippen LogP contribution < -0.4 is 0 Å². The third-order valence-corrected chi connectivity index (χ3v) is 3.43. The van der Waals surface area contributed by atoms with Gasteiger partial charge in [-0.05, 0) is 31.6 Å². The van der Waals surface area contributed by atoms with Crippen LogP contribution in [0.15, 0.2) is 16.8 Å². The third kappa shape index (κ3) is 3.60. The smallest absolute Gasteiger partial charge is 0.0737 e. The van der Waals surface area contributed by atoms with Crippen LogP contribution >= 0.6 is 0 Å². The quantitative estimate of drug-likeness (QED) is 0.499. The van der Waals surface area contributed by atoms with E-state index in [-0.39, 0.29) is 11.5 Å². The van der Waals surface area contributed by atoms with Crippen LogP contribution in [0.5, 0.6) is 0 Å². The van der Waals surface area contributed by atoms with Crippen LogP contribution in [-0.2, 0) is 0 Å². The Balaban J connectivity index is 4.58. The Morgan fingerprint density at radius 2 is 1.93 bits per heavy atom. The summed E-state index contributed by atoms with van der Waals surface area (Å²) in [5, 5.41) is 3.55. The molecule has 0 saturated carbocycles. The van der Waals surface area contributed by atoms with Gasteiger partial charge in [-0.25, -0.2) is 5.53 Å².